The second-order valence-electron chi connectivity index (χ2n) is 4.37. The van der Waals surface area contributed by atoms with Gasteiger partial charge in [-0.15, -0.1) is 11.8 Å². The molecule has 2 rings (SSSR count). The van der Waals surface area contributed by atoms with Gasteiger partial charge >= 0.3 is 5.97 Å². The van der Waals surface area contributed by atoms with Gasteiger partial charge in [-0.05, 0) is 24.3 Å². The van der Waals surface area contributed by atoms with Crippen molar-refractivity contribution in [3.63, 3.8) is 0 Å². The van der Waals surface area contributed by atoms with Crippen LogP contribution in [0.15, 0.2) is 47.4 Å². The van der Waals surface area contributed by atoms with E-state index in [0.717, 1.165) is 4.90 Å². The first-order valence-electron chi connectivity index (χ1n) is 6.47. The van der Waals surface area contributed by atoms with Crippen molar-refractivity contribution in [2.75, 3.05) is 12.4 Å². The summed E-state index contributed by atoms with van der Waals surface area (Å²) in [6.45, 7) is 0.148. The Hall–Kier alpha value is -1.76. The molecule has 0 saturated carbocycles. The third-order valence-electron chi connectivity index (χ3n) is 2.76. The molecule has 0 bridgehead atoms. The third-order valence-corrected chi connectivity index (χ3v) is 4.46. The number of hydrogen-bond donors (Lipinski definition) is 0. The second-order valence-corrected chi connectivity index (χ2v) is 6.35. The molecule has 0 atom stereocenters. The maximum absolute atomic E-state index is 11.9. The molecule has 5 nitrogen and oxygen atoms in total. The molecule has 0 spiro atoms. The molecule has 0 unspecified atom stereocenters. The van der Waals surface area contributed by atoms with E-state index in [9.17, 15) is 14.9 Å². The van der Waals surface area contributed by atoms with Crippen LogP contribution in [-0.4, -0.2) is 23.3 Å². The summed E-state index contributed by atoms with van der Waals surface area (Å²) >= 11 is 13.3. The van der Waals surface area contributed by atoms with Crippen molar-refractivity contribution in [2.45, 2.75) is 4.90 Å². The molecular weight excluding hydrogens is 361 g/mol. The van der Waals surface area contributed by atoms with Crippen molar-refractivity contribution in [3.05, 3.63) is 68.2 Å². The minimum atomic E-state index is -0.605. The smallest absolute Gasteiger partial charge is 0.338 e. The Balaban J connectivity index is 1.86. The molecule has 0 aromatic heterocycles. The van der Waals surface area contributed by atoms with E-state index in [-0.39, 0.29) is 17.9 Å². The molecule has 0 aliphatic carbocycles. The van der Waals surface area contributed by atoms with Gasteiger partial charge in [0.15, 0.2) is 0 Å². The fourth-order valence-corrected chi connectivity index (χ4v) is 3.02. The Morgan fingerprint density at radius 2 is 2.00 bits per heavy atom. The number of nitro groups is 1. The van der Waals surface area contributed by atoms with E-state index in [0.29, 0.717) is 15.8 Å². The van der Waals surface area contributed by atoms with Gasteiger partial charge in [-0.1, -0.05) is 29.3 Å². The topological polar surface area (TPSA) is 69.4 Å². The molecule has 0 aliphatic rings. The van der Waals surface area contributed by atoms with Gasteiger partial charge in [-0.25, -0.2) is 4.79 Å². The molecule has 2 aromatic carbocycles. The fraction of sp³-hybridized carbons (Fsp3) is 0.133. The number of non-ortho nitro benzene ring substituents is 1. The molecule has 0 heterocycles. The maximum atomic E-state index is 11.9. The first-order valence-corrected chi connectivity index (χ1v) is 8.21. The summed E-state index contributed by atoms with van der Waals surface area (Å²) in [7, 11) is 0. The van der Waals surface area contributed by atoms with Crippen LogP contribution in [0, 0.1) is 10.1 Å². The fourth-order valence-electron chi connectivity index (χ4n) is 1.70. The van der Waals surface area contributed by atoms with Crippen LogP contribution in [0.5, 0.6) is 0 Å². The van der Waals surface area contributed by atoms with Crippen molar-refractivity contribution in [1.29, 1.82) is 0 Å². The first-order chi connectivity index (χ1) is 11.0. The van der Waals surface area contributed by atoms with Crippen LogP contribution in [0.4, 0.5) is 5.69 Å². The van der Waals surface area contributed by atoms with Gasteiger partial charge in [0, 0.05) is 27.8 Å². The normalized spacial score (nSPS) is 10.3. The number of ether oxygens (including phenoxy) is 1. The van der Waals surface area contributed by atoms with E-state index in [1.807, 2.05) is 0 Å². The summed E-state index contributed by atoms with van der Waals surface area (Å²) in [5.41, 5.74) is -0.00970. The van der Waals surface area contributed by atoms with Gasteiger partial charge in [0.05, 0.1) is 15.5 Å². The standard InChI is InChI=1S/C15H11Cl2NO4S/c16-11-4-5-13(17)14(9-11)23-7-6-22-15(19)10-2-1-3-12(8-10)18(20)21/h1-5,8-9H,6-7H2. The zero-order valence-corrected chi connectivity index (χ0v) is 14.0. The van der Waals surface area contributed by atoms with E-state index in [1.54, 1.807) is 18.2 Å². The molecule has 23 heavy (non-hydrogen) atoms. The van der Waals surface area contributed by atoms with Gasteiger partial charge in [0.1, 0.15) is 6.61 Å². The Kier molecular flexibility index (Phi) is 6.27. The summed E-state index contributed by atoms with van der Waals surface area (Å²) < 4.78 is 5.10. The van der Waals surface area contributed by atoms with Crippen molar-refractivity contribution >= 4 is 46.6 Å². The third kappa shape index (κ3) is 5.13. The number of benzene rings is 2. The second kappa shape index (κ2) is 8.19. The van der Waals surface area contributed by atoms with E-state index in [2.05, 4.69) is 0 Å². The van der Waals surface area contributed by atoms with E-state index < -0.39 is 10.9 Å². The van der Waals surface area contributed by atoms with E-state index in [4.69, 9.17) is 27.9 Å². The average molecular weight is 372 g/mol. The summed E-state index contributed by atoms with van der Waals surface area (Å²) in [6, 6.07) is 10.5. The molecule has 2 aromatic rings. The number of hydrogen-bond acceptors (Lipinski definition) is 5. The van der Waals surface area contributed by atoms with Crippen molar-refractivity contribution in [2.24, 2.45) is 0 Å². The van der Waals surface area contributed by atoms with Crippen molar-refractivity contribution < 1.29 is 14.5 Å². The lowest BCUT2D eigenvalue weighted by molar-refractivity contribution is -0.384. The quantitative estimate of drug-likeness (QED) is 0.238. The Morgan fingerprint density at radius 3 is 2.74 bits per heavy atom. The first kappa shape index (κ1) is 17.6. The number of thioether (sulfide) groups is 1. The van der Waals surface area contributed by atoms with Gasteiger partial charge < -0.3 is 4.74 Å². The van der Waals surface area contributed by atoms with Gasteiger partial charge in [0.25, 0.3) is 5.69 Å². The summed E-state index contributed by atoms with van der Waals surface area (Å²) in [5, 5.41) is 11.8. The molecule has 0 saturated heterocycles. The molecular formula is C15H11Cl2NO4S. The predicted octanol–water partition coefficient (Wildman–Crippen LogP) is 4.85. The predicted molar refractivity (Wildman–Crippen MR) is 90.6 cm³/mol. The summed E-state index contributed by atoms with van der Waals surface area (Å²) in [5.74, 6) is -0.118. The number of nitrogens with zero attached hydrogens (tertiary/aromatic N) is 1. The van der Waals surface area contributed by atoms with Crippen LogP contribution in [0.25, 0.3) is 0 Å². The molecule has 0 N–H and O–H groups in total. The average Bonchev–Trinajstić information content (AvgIpc) is 2.54. The molecule has 0 amide bonds. The van der Waals surface area contributed by atoms with Crippen LogP contribution in [-0.2, 0) is 4.74 Å². The highest BCUT2D eigenvalue weighted by atomic mass is 35.5. The Labute approximate surface area is 146 Å². The van der Waals surface area contributed by atoms with Crippen LogP contribution < -0.4 is 0 Å². The van der Waals surface area contributed by atoms with Crippen LogP contribution >= 0.6 is 35.0 Å². The van der Waals surface area contributed by atoms with Crippen molar-refractivity contribution in [1.82, 2.24) is 0 Å². The Bertz CT molecular complexity index is 739. The van der Waals surface area contributed by atoms with Gasteiger partial charge in [-0.3, -0.25) is 10.1 Å². The lowest BCUT2D eigenvalue weighted by atomic mass is 10.2. The number of rotatable bonds is 6. The Morgan fingerprint density at radius 1 is 1.22 bits per heavy atom. The van der Waals surface area contributed by atoms with Gasteiger partial charge in [-0.2, -0.15) is 0 Å². The highest BCUT2D eigenvalue weighted by molar-refractivity contribution is 7.99. The molecule has 0 aliphatic heterocycles. The monoisotopic (exact) mass is 371 g/mol. The number of nitro benzene ring substituents is 1. The zero-order valence-electron chi connectivity index (χ0n) is 11.7. The lowest BCUT2D eigenvalue weighted by Gasteiger charge is -2.06. The molecule has 120 valence electrons. The van der Waals surface area contributed by atoms with E-state index in [1.165, 1.54) is 36.0 Å². The largest absolute Gasteiger partial charge is 0.461 e. The highest BCUT2D eigenvalue weighted by Crippen LogP contribution is 2.29. The summed E-state index contributed by atoms with van der Waals surface area (Å²) in [6.07, 6.45) is 0. The number of carbonyl (C=O) groups excluding carboxylic acids is 1. The SMILES string of the molecule is O=C(OCCSc1cc(Cl)ccc1Cl)c1cccc([N+](=O)[O-])c1. The van der Waals surface area contributed by atoms with E-state index >= 15 is 0 Å². The molecule has 0 fully saturated rings. The minimum absolute atomic E-state index is 0.144. The summed E-state index contributed by atoms with van der Waals surface area (Å²) in [4.78, 5) is 22.8. The van der Waals surface area contributed by atoms with Crippen molar-refractivity contribution in [3.8, 4) is 0 Å². The number of halogens is 2. The highest BCUT2D eigenvalue weighted by Gasteiger charge is 2.12. The van der Waals surface area contributed by atoms with Gasteiger partial charge in [0.2, 0.25) is 0 Å². The lowest BCUT2D eigenvalue weighted by Crippen LogP contribution is -2.08. The number of carbonyl (C=O) groups is 1. The van der Waals surface area contributed by atoms with Crippen LogP contribution in [0.3, 0.4) is 0 Å². The number of esters is 1. The zero-order chi connectivity index (χ0) is 16.8. The molecule has 8 heteroatoms. The maximum Gasteiger partial charge on any atom is 0.338 e. The van der Waals surface area contributed by atoms with Crippen LogP contribution in [0.1, 0.15) is 10.4 Å². The molecule has 0 radical (unpaired) electrons. The van der Waals surface area contributed by atoms with Crippen LogP contribution in [0.2, 0.25) is 10.0 Å². The minimum Gasteiger partial charge on any atom is -0.461 e.